The first kappa shape index (κ1) is 11.8. The van der Waals surface area contributed by atoms with Crippen LogP contribution in [0, 0.1) is 17.2 Å². The van der Waals surface area contributed by atoms with Crippen LogP contribution < -0.4 is 4.90 Å². The SMILES string of the molecule is CCC1CCC(C)N(c2cnc(C#N)cn2)C1. The summed E-state index contributed by atoms with van der Waals surface area (Å²) >= 11 is 0. The lowest BCUT2D eigenvalue weighted by Gasteiger charge is -2.38. The van der Waals surface area contributed by atoms with Crippen LogP contribution >= 0.6 is 0 Å². The van der Waals surface area contributed by atoms with E-state index < -0.39 is 0 Å². The van der Waals surface area contributed by atoms with Crippen LogP contribution in [0.2, 0.25) is 0 Å². The average Bonchev–Trinajstić information content (AvgIpc) is 2.39. The van der Waals surface area contributed by atoms with Crippen molar-refractivity contribution in [2.24, 2.45) is 5.92 Å². The minimum atomic E-state index is 0.380. The van der Waals surface area contributed by atoms with Crippen molar-refractivity contribution in [1.82, 2.24) is 9.97 Å². The molecule has 0 N–H and O–H groups in total. The lowest BCUT2D eigenvalue weighted by atomic mass is 9.91. The second-order valence-corrected chi connectivity index (χ2v) is 4.72. The third-order valence-electron chi connectivity index (χ3n) is 3.60. The monoisotopic (exact) mass is 230 g/mol. The summed E-state index contributed by atoms with van der Waals surface area (Å²) in [4.78, 5) is 10.7. The Hall–Kier alpha value is -1.63. The van der Waals surface area contributed by atoms with Crippen LogP contribution in [0.3, 0.4) is 0 Å². The summed E-state index contributed by atoms with van der Waals surface area (Å²) in [7, 11) is 0. The third kappa shape index (κ3) is 2.55. The molecule has 17 heavy (non-hydrogen) atoms. The lowest BCUT2D eigenvalue weighted by molar-refractivity contribution is 0.357. The van der Waals surface area contributed by atoms with Crippen LogP contribution in [0.15, 0.2) is 12.4 Å². The van der Waals surface area contributed by atoms with E-state index in [1.54, 1.807) is 12.4 Å². The summed E-state index contributed by atoms with van der Waals surface area (Å²) in [6, 6.07) is 2.51. The molecule has 2 atom stereocenters. The van der Waals surface area contributed by atoms with Crippen molar-refractivity contribution in [3.63, 3.8) is 0 Å². The van der Waals surface area contributed by atoms with Gasteiger partial charge in [0.2, 0.25) is 0 Å². The Morgan fingerprint density at radius 1 is 1.41 bits per heavy atom. The van der Waals surface area contributed by atoms with Gasteiger partial charge < -0.3 is 4.90 Å². The van der Waals surface area contributed by atoms with Crippen molar-refractivity contribution in [1.29, 1.82) is 5.26 Å². The van der Waals surface area contributed by atoms with E-state index in [1.165, 1.54) is 19.3 Å². The largest absolute Gasteiger partial charge is 0.352 e. The Bertz CT molecular complexity index is 406. The molecule has 0 bridgehead atoms. The maximum Gasteiger partial charge on any atom is 0.158 e. The van der Waals surface area contributed by atoms with Crippen molar-refractivity contribution in [2.75, 3.05) is 11.4 Å². The van der Waals surface area contributed by atoms with Crippen LogP contribution in [0.1, 0.15) is 38.8 Å². The quantitative estimate of drug-likeness (QED) is 0.782. The van der Waals surface area contributed by atoms with E-state index >= 15 is 0 Å². The molecule has 0 amide bonds. The summed E-state index contributed by atoms with van der Waals surface area (Å²) in [5.74, 6) is 1.65. The van der Waals surface area contributed by atoms with Crippen LogP contribution in [0.4, 0.5) is 5.82 Å². The van der Waals surface area contributed by atoms with E-state index in [1.807, 2.05) is 6.07 Å². The molecule has 2 heterocycles. The number of hydrogen-bond donors (Lipinski definition) is 0. The Morgan fingerprint density at radius 3 is 2.82 bits per heavy atom. The highest BCUT2D eigenvalue weighted by Gasteiger charge is 2.25. The molecule has 2 unspecified atom stereocenters. The first-order valence-corrected chi connectivity index (χ1v) is 6.23. The zero-order valence-electron chi connectivity index (χ0n) is 10.4. The molecule has 0 aliphatic carbocycles. The molecule has 1 aliphatic heterocycles. The van der Waals surface area contributed by atoms with Gasteiger partial charge in [0.15, 0.2) is 5.69 Å². The second kappa shape index (κ2) is 5.13. The zero-order chi connectivity index (χ0) is 12.3. The minimum absolute atomic E-state index is 0.380. The molecule has 0 saturated carbocycles. The van der Waals surface area contributed by atoms with Crippen LogP contribution in [-0.4, -0.2) is 22.6 Å². The number of rotatable bonds is 2. The first-order chi connectivity index (χ1) is 8.24. The maximum absolute atomic E-state index is 8.70. The van der Waals surface area contributed by atoms with E-state index in [-0.39, 0.29) is 0 Å². The molecule has 1 aromatic heterocycles. The highest BCUT2D eigenvalue weighted by Crippen LogP contribution is 2.27. The number of piperidine rings is 1. The summed E-state index contributed by atoms with van der Waals surface area (Å²) in [5, 5.41) is 8.70. The smallest absolute Gasteiger partial charge is 0.158 e. The van der Waals surface area contributed by atoms with Gasteiger partial charge in [-0.3, -0.25) is 0 Å². The van der Waals surface area contributed by atoms with Gasteiger partial charge in [-0.1, -0.05) is 13.3 Å². The topological polar surface area (TPSA) is 52.8 Å². The fourth-order valence-corrected chi connectivity index (χ4v) is 2.36. The molecule has 0 spiro atoms. The average molecular weight is 230 g/mol. The molecule has 0 radical (unpaired) electrons. The van der Waals surface area contributed by atoms with Gasteiger partial charge in [0.1, 0.15) is 11.9 Å². The summed E-state index contributed by atoms with van der Waals surface area (Å²) in [5.41, 5.74) is 0.380. The Morgan fingerprint density at radius 2 is 2.24 bits per heavy atom. The van der Waals surface area contributed by atoms with E-state index in [0.29, 0.717) is 11.7 Å². The van der Waals surface area contributed by atoms with Crippen LogP contribution in [0.25, 0.3) is 0 Å². The molecule has 1 aliphatic rings. The highest BCUT2D eigenvalue weighted by molar-refractivity contribution is 5.39. The number of nitriles is 1. The molecule has 1 saturated heterocycles. The molecule has 4 nitrogen and oxygen atoms in total. The number of anilines is 1. The van der Waals surface area contributed by atoms with Gasteiger partial charge in [0.05, 0.1) is 12.4 Å². The molecule has 1 aromatic rings. The first-order valence-electron chi connectivity index (χ1n) is 6.23. The van der Waals surface area contributed by atoms with Gasteiger partial charge in [-0.15, -0.1) is 0 Å². The van der Waals surface area contributed by atoms with Gasteiger partial charge in [-0.2, -0.15) is 5.26 Å². The van der Waals surface area contributed by atoms with E-state index in [9.17, 15) is 0 Å². The predicted octanol–water partition coefficient (Wildman–Crippen LogP) is 2.36. The summed E-state index contributed by atoms with van der Waals surface area (Å²) < 4.78 is 0. The van der Waals surface area contributed by atoms with Crippen LogP contribution in [0.5, 0.6) is 0 Å². The van der Waals surface area contributed by atoms with E-state index in [0.717, 1.165) is 18.3 Å². The van der Waals surface area contributed by atoms with Gasteiger partial charge in [0.25, 0.3) is 0 Å². The molecule has 4 heteroatoms. The van der Waals surface area contributed by atoms with Crippen molar-refractivity contribution in [3.8, 4) is 6.07 Å². The van der Waals surface area contributed by atoms with Crippen molar-refractivity contribution >= 4 is 5.82 Å². The van der Waals surface area contributed by atoms with Gasteiger partial charge in [0, 0.05) is 12.6 Å². The molecule has 1 fully saturated rings. The van der Waals surface area contributed by atoms with E-state index in [4.69, 9.17) is 5.26 Å². The highest BCUT2D eigenvalue weighted by atomic mass is 15.2. The predicted molar refractivity (Wildman–Crippen MR) is 66.6 cm³/mol. The molecule has 2 rings (SSSR count). The van der Waals surface area contributed by atoms with E-state index in [2.05, 4.69) is 28.7 Å². The van der Waals surface area contributed by atoms with Crippen molar-refractivity contribution < 1.29 is 0 Å². The fraction of sp³-hybridized carbons (Fsp3) is 0.615. The molecular formula is C13H18N4. The second-order valence-electron chi connectivity index (χ2n) is 4.72. The number of hydrogen-bond acceptors (Lipinski definition) is 4. The normalized spacial score (nSPS) is 24.4. The maximum atomic E-state index is 8.70. The zero-order valence-corrected chi connectivity index (χ0v) is 10.4. The number of aromatic nitrogens is 2. The summed E-state index contributed by atoms with van der Waals surface area (Å²) in [6.45, 7) is 5.52. The molecular weight excluding hydrogens is 212 g/mol. The number of nitrogens with zero attached hydrogens (tertiary/aromatic N) is 4. The molecule has 90 valence electrons. The lowest BCUT2D eigenvalue weighted by Crippen LogP contribution is -2.42. The Balaban J connectivity index is 2.16. The van der Waals surface area contributed by atoms with Crippen LogP contribution in [-0.2, 0) is 0 Å². The summed E-state index contributed by atoms with van der Waals surface area (Å²) in [6.07, 6.45) is 7.00. The van der Waals surface area contributed by atoms with Gasteiger partial charge >= 0.3 is 0 Å². The molecule has 0 aromatic carbocycles. The van der Waals surface area contributed by atoms with Crippen molar-refractivity contribution in [3.05, 3.63) is 18.1 Å². The van der Waals surface area contributed by atoms with Crippen molar-refractivity contribution in [2.45, 2.75) is 39.2 Å². The standard InChI is InChI=1S/C13H18N4/c1-3-11-5-4-10(2)17(9-11)13-8-15-12(6-14)7-16-13/h7-8,10-11H,3-5,9H2,1-2H3. The Labute approximate surface area is 102 Å². The minimum Gasteiger partial charge on any atom is -0.352 e. The fourth-order valence-electron chi connectivity index (χ4n) is 2.36. The Kier molecular flexibility index (Phi) is 3.58. The third-order valence-corrected chi connectivity index (χ3v) is 3.60. The van der Waals surface area contributed by atoms with Gasteiger partial charge in [-0.25, -0.2) is 9.97 Å². The van der Waals surface area contributed by atoms with Gasteiger partial charge in [-0.05, 0) is 25.7 Å².